The Morgan fingerprint density at radius 2 is 0.387 bits per heavy atom. The summed E-state index contributed by atoms with van der Waals surface area (Å²) in [6.45, 7) is 0. The standard InChI is InChI=1S/3C10H19.Sn.H/c3*1-2-4-6-8-10-9-7-5-3-1;;/h3*1H,2-10H2;;. The van der Waals surface area contributed by atoms with Crippen molar-refractivity contribution in [2.75, 3.05) is 0 Å². The normalized spacial score (nSPS) is 27.0. The molecule has 0 spiro atoms. The molecule has 0 aromatic heterocycles. The van der Waals surface area contributed by atoms with E-state index in [-0.39, 0.29) is 0 Å². The Morgan fingerprint density at radius 1 is 0.226 bits per heavy atom. The molecule has 3 aliphatic carbocycles. The van der Waals surface area contributed by atoms with E-state index in [0.29, 0.717) is 0 Å². The topological polar surface area (TPSA) is 0 Å². The van der Waals surface area contributed by atoms with Crippen LogP contribution in [0.5, 0.6) is 0 Å². The fourth-order valence-electron chi connectivity index (χ4n) is 7.83. The van der Waals surface area contributed by atoms with Crippen molar-refractivity contribution in [2.45, 2.75) is 185 Å². The van der Waals surface area contributed by atoms with Crippen LogP contribution in [0.25, 0.3) is 0 Å². The third kappa shape index (κ3) is 10.7. The van der Waals surface area contributed by atoms with Gasteiger partial charge in [-0.15, -0.1) is 0 Å². The molecule has 1 heteroatoms. The molecule has 0 bridgehead atoms. The fourth-order valence-corrected chi connectivity index (χ4v) is 25.1. The van der Waals surface area contributed by atoms with Crippen LogP contribution in [0.1, 0.15) is 173 Å². The van der Waals surface area contributed by atoms with Crippen LogP contribution in [-0.4, -0.2) is 19.8 Å². The molecular formula is C30H58Sn. The van der Waals surface area contributed by atoms with Crippen molar-refractivity contribution in [2.24, 2.45) is 0 Å². The Morgan fingerprint density at radius 3 is 0.581 bits per heavy atom. The Labute approximate surface area is 204 Å². The molecule has 0 nitrogen and oxygen atoms in total. The summed E-state index contributed by atoms with van der Waals surface area (Å²) in [5.74, 6) is 0. The molecule has 3 fully saturated rings. The van der Waals surface area contributed by atoms with Crippen molar-refractivity contribution in [3.8, 4) is 0 Å². The maximum atomic E-state index is 1.67. The first-order valence-electron chi connectivity index (χ1n) is 15.4. The van der Waals surface area contributed by atoms with E-state index in [1.54, 1.807) is 154 Å². The monoisotopic (exact) mass is 538 g/mol. The van der Waals surface area contributed by atoms with Crippen LogP contribution in [0.15, 0.2) is 0 Å². The molecule has 0 aliphatic heterocycles. The molecular weight excluding hydrogens is 479 g/mol. The second kappa shape index (κ2) is 17.3. The van der Waals surface area contributed by atoms with E-state index in [2.05, 4.69) is 0 Å². The van der Waals surface area contributed by atoms with Crippen molar-refractivity contribution < 1.29 is 0 Å². The molecule has 0 aromatic rings. The van der Waals surface area contributed by atoms with Crippen molar-refractivity contribution in [3.05, 3.63) is 0 Å². The Bertz CT molecular complexity index is 327. The van der Waals surface area contributed by atoms with E-state index >= 15 is 0 Å². The van der Waals surface area contributed by atoms with E-state index in [0.717, 1.165) is 0 Å². The second-order valence-corrected chi connectivity index (χ2v) is 23.4. The Hall–Kier alpha value is 0.799. The van der Waals surface area contributed by atoms with Crippen molar-refractivity contribution in [1.29, 1.82) is 0 Å². The molecule has 3 aliphatic rings. The fraction of sp³-hybridized carbons (Fsp3) is 1.00. The molecule has 3 saturated carbocycles. The van der Waals surface area contributed by atoms with E-state index in [1.165, 1.54) is 31.1 Å². The second-order valence-electron chi connectivity index (χ2n) is 12.0. The quantitative estimate of drug-likeness (QED) is 0.314. The zero-order valence-corrected chi connectivity index (χ0v) is 24.7. The maximum absolute atomic E-state index is 1.67. The van der Waals surface area contributed by atoms with Gasteiger partial charge in [-0.2, -0.15) is 0 Å². The van der Waals surface area contributed by atoms with E-state index in [4.69, 9.17) is 0 Å². The average molecular weight is 538 g/mol. The predicted molar refractivity (Wildman–Crippen MR) is 143 cm³/mol. The van der Waals surface area contributed by atoms with E-state index in [1.807, 2.05) is 0 Å². The molecule has 0 unspecified atom stereocenters. The van der Waals surface area contributed by atoms with Crippen LogP contribution >= 0.6 is 0 Å². The van der Waals surface area contributed by atoms with Gasteiger partial charge in [-0.3, -0.25) is 0 Å². The Balaban J connectivity index is 1.74. The zero-order chi connectivity index (χ0) is 21.4. The van der Waals surface area contributed by atoms with Gasteiger partial charge in [0.25, 0.3) is 0 Å². The number of hydrogen-bond donors (Lipinski definition) is 0. The summed E-state index contributed by atoms with van der Waals surface area (Å²) in [4.78, 5) is 0. The minimum atomic E-state index is -1.66. The summed E-state index contributed by atoms with van der Waals surface area (Å²) in [5.41, 5.74) is 0. The molecule has 3 rings (SSSR count). The molecule has 0 atom stereocenters. The van der Waals surface area contributed by atoms with Crippen LogP contribution in [0.2, 0.25) is 11.8 Å². The van der Waals surface area contributed by atoms with Gasteiger partial charge in [-0.05, 0) is 0 Å². The van der Waals surface area contributed by atoms with Crippen LogP contribution in [0, 0.1) is 0 Å². The van der Waals surface area contributed by atoms with Crippen molar-refractivity contribution in [1.82, 2.24) is 0 Å². The SMILES string of the molecule is C1CCCC[CH]([SnH]([CH]2CCCCCCCCC2)[CH]2CCCCCCCCC2)CCCC1. The molecule has 0 aromatic carbocycles. The van der Waals surface area contributed by atoms with Gasteiger partial charge in [0.15, 0.2) is 0 Å². The van der Waals surface area contributed by atoms with Crippen molar-refractivity contribution >= 4 is 19.8 Å². The minimum absolute atomic E-state index is 1.28. The average Bonchev–Trinajstić information content (AvgIpc) is 2.81. The molecule has 0 amide bonds. The third-order valence-electron chi connectivity index (χ3n) is 9.58. The van der Waals surface area contributed by atoms with Gasteiger partial charge in [-0.1, -0.05) is 0 Å². The number of rotatable bonds is 3. The molecule has 0 heterocycles. The van der Waals surface area contributed by atoms with Crippen LogP contribution in [0.4, 0.5) is 0 Å². The van der Waals surface area contributed by atoms with Gasteiger partial charge >= 0.3 is 205 Å². The van der Waals surface area contributed by atoms with Gasteiger partial charge in [0.1, 0.15) is 0 Å². The summed E-state index contributed by atoms with van der Waals surface area (Å²) >= 11 is -1.66. The van der Waals surface area contributed by atoms with Gasteiger partial charge in [0, 0.05) is 0 Å². The summed E-state index contributed by atoms with van der Waals surface area (Å²) in [6.07, 6.45) is 42.8. The summed E-state index contributed by atoms with van der Waals surface area (Å²) in [7, 11) is 0. The van der Waals surface area contributed by atoms with Crippen LogP contribution in [0.3, 0.4) is 0 Å². The zero-order valence-electron chi connectivity index (χ0n) is 21.4. The van der Waals surface area contributed by atoms with Crippen LogP contribution in [-0.2, 0) is 0 Å². The molecule has 0 radical (unpaired) electrons. The number of hydrogen-bond acceptors (Lipinski definition) is 0. The van der Waals surface area contributed by atoms with Crippen LogP contribution < -0.4 is 0 Å². The first kappa shape index (κ1) is 26.4. The van der Waals surface area contributed by atoms with Gasteiger partial charge in [0.2, 0.25) is 0 Å². The van der Waals surface area contributed by atoms with E-state index < -0.39 is 19.8 Å². The van der Waals surface area contributed by atoms with E-state index in [9.17, 15) is 0 Å². The summed E-state index contributed by atoms with van der Waals surface area (Å²) in [6, 6.07) is 0. The van der Waals surface area contributed by atoms with Crippen molar-refractivity contribution in [3.63, 3.8) is 0 Å². The molecule has 0 saturated heterocycles. The molecule has 0 N–H and O–H groups in total. The third-order valence-corrected chi connectivity index (χ3v) is 24.6. The first-order valence-corrected chi connectivity index (χ1v) is 21.2. The Kier molecular flexibility index (Phi) is 14.7. The molecule has 182 valence electrons. The van der Waals surface area contributed by atoms with Gasteiger partial charge in [0.05, 0.1) is 0 Å². The first-order chi connectivity index (χ1) is 15.4. The van der Waals surface area contributed by atoms with Gasteiger partial charge in [-0.25, -0.2) is 0 Å². The molecule has 31 heavy (non-hydrogen) atoms. The summed E-state index contributed by atoms with van der Waals surface area (Å²) in [5, 5.41) is 0. The van der Waals surface area contributed by atoms with Gasteiger partial charge < -0.3 is 0 Å². The summed E-state index contributed by atoms with van der Waals surface area (Å²) < 4.78 is 3.84. The predicted octanol–water partition coefficient (Wildman–Crippen LogP) is 10.9.